The normalized spacial score (nSPS) is 16.6. The highest BCUT2D eigenvalue weighted by molar-refractivity contribution is 6.32. The molecule has 0 radical (unpaired) electrons. The minimum absolute atomic E-state index is 0.214. The van der Waals surface area contributed by atoms with E-state index in [-0.39, 0.29) is 6.04 Å². The third-order valence-corrected chi connectivity index (χ3v) is 6.83. The van der Waals surface area contributed by atoms with Crippen molar-refractivity contribution in [3.8, 4) is 11.4 Å². The molecular weight excluding hydrogens is 464 g/mol. The number of amides is 2. The van der Waals surface area contributed by atoms with E-state index in [4.69, 9.17) is 28.9 Å². The van der Waals surface area contributed by atoms with Crippen LogP contribution in [0.2, 0.25) is 5.02 Å². The van der Waals surface area contributed by atoms with E-state index in [1.807, 2.05) is 29.8 Å². The van der Waals surface area contributed by atoms with Crippen LogP contribution in [0, 0.1) is 6.57 Å². The van der Waals surface area contributed by atoms with Crippen molar-refractivity contribution in [3.05, 3.63) is 58.3 Å². The van der Waals surface area contributed by atoms with Gasteiger partial charge < -0.3 is 20.0 Å². The Morgan fingerprint density at radius 1 is 1.37 bits per heavy atom. The Bertz CT molecular complexity index is 1290. The van der Waals surface area contributed by atoms with Gasteiger partial charge in [0.15, 0.2) is 0 Å². The fraction of sp³-hybridized carbons (Fsp3) is 0.400. The number of hydrogen-bond acceptors (Lipinski definition) is 5. The molecular formula is C25H29ClN8O. The fourth-order valence-electron chi connectivity index (χ4n) is 4.43. The summed E-state index contributed by atoms with van der Waals surface area (Å²) in [6.07, 6.45) is 8.94. The third kappa shape index (κ3) is 5.61. The number of primary amides is 1. The van der Waals surface area contributed by atoms with Gasteiger partial charge in [-0.1, -0.05) is 18.0 Å². The summed E-state index contributed by atoms with van der Waals surface area (Å²) in [7, 11) is 3.97. The summed E-state index contributed by atoms with van der Waals surface area (Å²) in [5.74, 6) is 0. The van der Waals surface area contributed by atoms with Crippen LogP contribution in [0.3, 0.4) is 0 Å². The number of aromatic nitrogens is 3. The van der Waals surface area contributed by atoms with Crippen LogP contribution in [0.1, 0.15) is 30.4 Å². The molecule has 3 heterocycles. The van der Waals surface area contributed by atoms with Gasteiger partial charge in [0.25, 0.3) is 0 Å². The Labute approximate surface area is 210 Å². The molecule has 1 aromatic carbocycles. The molecule has 1 saturated heterocycles. The molecule has 1 atom stereocenters. The maximum atomic E-state index is 12.2. The van der Waals surface area contributed by atoms with Gasteiger partial charge in [0.1, 0.15) is 0 Å². The van der Waals surface area contributed by atoms with Crippen molar-refractivity contribution in [1.29, 1.82) is 0 Å². The first kappa shape index (κ1) is 24.6. The van der Waals surface area contributed by atoms with Crippen LogP contribution in [-0.4, -0.2) is 69.4 Å². The number of rotatable bonds is 7. The van der Waals surface area contributed by atoms with Gasteiger partial charge in [0.2, 0.25) is 6.54 Å². The van der Waals surface area contributed by atoms with Crippen molar-refractivity contribution in [3.63, 3.8) is 0 Å². The first-order chi connectivity index (χ1) is 16.9. The van der Waals surface area contributed by atoms with Crippen molar-refractivity contribution < 1.29 is 4.79 Å². The largest absolute Gasteiger partial charge is 0.350 e. The number of pyridine rings is 1. The first-order valence-corrected chi connectivity index (χ1v) is 12.0. The number of halogens is 1. The number of benzene rings is 1. The lowest BCUT2D eigenvalue weighted by molar-refractivity contribution is 0.139. The predicted molar refractivity (Wildman–Crippen MR) is 138 cm³/mol. The van der Waals surface area contributed by atoms with Gasteiger partial charge in [-0.2, -0.15) is 5.10 Å². The van der Waals surface area contributed by atoms with E-state index in [2.05, 4.69) is 26.9 Å². The van der Waals surface area contributed by atoms with Gasteiger partial charge in [-0.3, -0.25) is 0 Å². The predicted octanol–water partition coefficient (Wildman–Crippen LogP) is 3.95. The molecule has 2 amide bonds. The van der Waals surface area contributed by atoms with Gasteiger partial charge in [-0.05, 0) is 50.2 Å². The number of piperidine rings is 1. The number of likely N-dealkylation sites (N-methyl/N-ethyl adjacent to an activating group) is 1. The minimum atomic E-state index is -0.591. The lowest BCUT2D eigenvalue weighted by Gasteiger charge is -2.34. The Morgan fingerprint density at radius 2 is 2.20 bits per heavy atom. The van der Waals surface area contributed by atoms with Crippen LogP contribution in [-0.2, 0) is 13.5 Å². The average molecular weight is 493 g/mol. The van der Waals surface area contributed by atoms with Gasteiger partial charge in [-0.15, -0.1) is 0 Å². The molecule has 1 fully saturated rings. The Hall–Kier alpha value is -3.48. The maximum absolute atomic E-state index is 12.2. The molecule has 3 aromatic rings. The SMILES string of the molecule is [C-]#[N+]CCc1cc2c(C=NN(C[C@@H]3CCCCN3C)C(N)=O)cc(-c3cncn3C)nc2cc1Cl. The van der Waals surface area contributed by atoms with Crippen LogP contribution in [0.4, 0.5) is 4.79 Å². The molecule has 9 nitrogen and oxygen atoms in total. The summed E-state index contributed by atoms with van der Waals surface area (Å²) in [6, 6.07) is 5.31. The van der Waals surface area contributed by atoms with Crippen molar-refractivity contribution >= 4 is 34.7 Å². The molecule has 0 saturated carbocycles. The fourth-order valence-corrected chi connectivity index (χ4v) is 4.68. The van der Waals surface area contributed by atoms with Crippen molar-refractivity contribution in [2.75, 3.05) is 26.7 Å². The van der Waals surface area contributed by atoms with Crippen LogP contribution in [0.25, 0.3) is 27.1 Å². The van der Waals surface area contributed by atoms with Crippen LogP contribution in [0.15, 0.2) is 35.8 Å². The minimum Gasteiger partial charge on any atom is -0.350 e. The molecule has 0 unspecified atom stereocenters. The quantitative estimate of drug-likeness (QED) is 0.307. The van der Waals surface area contributed by atoms with Gasteiger partial charge in [-0.25, -0.2) is 26.3 Å². The van der Waals surface area contributed by atoms with Crippen molar-refractivity contribution in [2.45, 2.75) is 31.7 Å². The number of carbonyl (C=O) groups is 1. The number of urea groups is 1. The zero-order valence-corrected chi connectivity index (χ0v) is 20.7. The standard InChI is InChI=1S/C25H29ClN8O/c1-28-8-7-17-10-20-18(13-30-34(25(27)35)15-19-6-4-5-9-32(19)2)11-23(24-14-29-16-33(24)3)31-22(20)12-21(17)26/h10-14,16,19H,4-9,15H2,2-3H3,(H2,27,35)/t19-/m0/s1. The molecule has 35 heavy (non-hydrogen) atoms. The molecule has 0 bridgehead atoms. The highest BCUT2D eigenvalue weighted by Gasteiger charge is 2.23. The Balaban J connectivity index is 1.76. The summed E-state index contributed by atoms with van der Waals surface area (Å²) < 4.78 is 1.88. The van der Waals surface area contributed by atoms with Gasteiger partial charge in [0, 0.05) is 35.5 Å². The van der Waals surface area contributed by atoms with Crippen molar-refractivity contribution in [2.24, 2.45) is 17.9 Å². The van der Waals surface area contributed by atoms with Crippen LogP contribution < -0.4 is 5.73 Å². The summed E-state index contributed by atoms with van der Waals surface area (Å²) in [6.45, 7) is 8.89. The lowest BCUT2D eigenvalue weighted by atomic mass is 10.0. The van der Waals surface area contributed by atoms with Crippen LogP contribution >= 0.6 is 11.6 Å². The Kier molecular flexibility index (Phi) is 7.63. The molecule has 0 spiro atoms. The molecule has 0 aliphatic carbocycles. The van der Waals surface area contributed by atoms with Gasteiger partial charge in [0.05, 0.1) is 42.2 Å². The molecule has 1 aliphatic heterocycles. The molecule has 10 heteroatoms. The van der Waals surface area contributed by atoms with E-state index in [0.717, 1.165) is 48.0 Å². The number of nitrogens with zero attached hydrogens (tertiary/aromatic N) is 7. The van der Waals surface area contributed by atoms with E-state index in [0.29, 0.717) is 35.7 Å². The smallest absolute Gasteiger partial charge is 0.335 e. The second-order valence-corrected chi connectivity index (χ2v) is 9.28. The molecule has 2 aromatic heterocycles. The van der Waals surface area contributed by atoms with E-state index < -0.39 is 6.03 Å². The Morgan fingerprint density at radius 3 is 2.89 bits per heavy atom. The zero-order chi connectivity index (χ0) is 24.9. The summed E-state index contributed by atoms with van der Waals surface area (Å²) in [5.41, 5.74) is 9.57. The van der Waals surface area contributed by atoms with E-state index in [1.165, 1.54) is 5.01 Å². The molecule has 4 rings (SSSR count). The highest BCUT2D eigenvalue weighted by Crippen LogP contribution is 2.29. The summed E-state index contributed by atoms with van der Waals surface area (Å²) >= 11 is 6.52. The zero-order valence-electron chi connectivity index (χ0n) is 20.0. The number of nitrogens with two attached hydrogens (primary N) is 1. The molecule has 2 N–H and O–H groups in total. The number of imidazole rings is 1. The number of aryl methyl sites for hydroxylation is 1. The number of likely N-dealkylation sites (tertiary alicyclic amines) is 1. The number of hydrazone groups is 1. The number of fused-ring (bicyclic) bond motifs is 1. The van der Waals surface area contributed by atoms with E-state index in [1.54, 1.807) is 18.7 Å². The third-order valence-electron chi connectivity index (χ3n) is 6.48. The maximum Gasteiger partial charge on any atom is 0.335 e. The van der Waals surface area contributed by atoms with E-state index in [9.17, 15) is 4.79 Å². The topological polar surface area (TPSA) is 97.0 Å². The van der Waals surface area contributed by atoms with E-state index >= 15 is 0 Å². The number of hydrogen-bond donors (Lipinski definition) is 1. The first-order valence-electron chi connectivity index (χ1n) is 11.6. The lowest BCUT2D eigenvalue weighted by Crippen LogP contribution is -2.46. The summed E-state index contributed by atoms with van der Waals surface area (Å²) in [5, 5.41) is 7.24. The van der Waals surface area contributed by atoms with Crippen molar-refractivity contribution in [1.82, 2.24) is 24.4 Å². The molecule has 1 aliphatic rings. The summed E-state index contributed by atoms with van der Waals surface area (Å²) in [4.78, 5) is 26.9. The van der Waals surface area contributed by atoms with Gasteiger partial charge >= 0.3 is 6.03 Å². The number of carbonyl (C=O) groups excluding carboxylic acids is 1. The highest BCUT2D eigenvalue weighted by atomic mass is 35.5. The molecule has 182 valence electrons. The average Bonchev–Trinajstić information content (AvgIpc) is 3.26. The second-order valence-electron chi connectivity index (χ2n) is 8.87. The second kappa shape index (κ2) is 10.8. The monoisotopic (exact) mass is 492 g/mol. The van der Waals surface area contributed by atoms with Crippen LogP contribution in [0.5, 0.6) is 0 Å².